The van der Waals surface area contributed by atoms with Gasteiger partial charge in [-0.05, 0) is 171 Å². The van der Waals surface area contributed by atoms with Crippen LogP contribution < -0.4 is 0 Å². The van der Waals surface area contributed by atoms with Crippen molar-refractivity contribution in [3.05, 3.63) is 93.6 Å². The Morgan fingerprint density at radius 2 is 1.04 bits per heavy atom. The fraction of sp³-hybridized carbons (Fsp3) is 0.678. The number of carbonyl (C=O) groups excluding carboxylic acids is 1. The highest BCUT2D eigenvalue weighted by Gasteiger charge is 2.81. The molecule has 8 aliphatic carbocycles. The van der Waals surface area contributed by atoms with Crippen LogP contribution in [0.3, 0.4) is 0 Å². The van der Waals surface area contributed by atoms with Gasteiger partial charge in [0, 0.05) is 57.1 Å². The van der Waals surface area contributed by atoms with E-state index in [1.54, 1.807) is 29.6 Å². The first kappa shape index (κ1) is 57.4. The zero-order valence-electron chi connectivity index (χ0n) is 44.3. The molecule has 2 aromatic carbocycles. The SMILES string of the molecule is CSc1ccc([C@H]2C[C@@]3(C)C(CC[C@@]3(O)C(F)(F)C(F)(F)F)C3CCC4=CC(=O)CCC4=C32)cc1.CSc1ccc([C@H]2C[C@@]3(C)C(CC[C@@]3(O)C(F)(F)C(F)(F)F)C3CC[C@@]4(O)CC5(CCC4=C32)OCC(C)(C)CO5)cc1. The molecule has 3 N–H and O–H groups in total. The molecule has 1 saturated heterocycles. The number of hydrogen-bond acceptors (Lipinski definition) is 8. The van der Waals surface area contributed by atoms with E-state index in [4.69, 9.17) is 9.47 Å². The molecule has 0 radical (unpaired) electrons. The zero-order valence-corrected chi connectivity index (χ0v) is 46.0. The minimum Gasteiger partial charge on any atom is -0.385 e. The second-order valence-corrected chi connectivity index (χ2v) is 27.0. The van der Waals surface area contributed by atoms with Gasteiger partial charge < -0.3 is 24.8 Å². The molecule has 0 bridgehead atoms. The summed E-state index contributed by atoms with van der Waals surface area (Å²) >= 11 is 3.12. The first-order valence-electron chi connectivity index (χ1n) is 27.1. The lowest BCUT2D eigenvalue weighted by Gasteiger charge is -2.59. The van der Waals surface area contributed by atoms with Crippen molar-refractivity contribution < 1.29 is 73.5 Å². The van der Waals surface area contributed by atoms with Gasteiger partial charge in [-0.25, -0.2) is 0 Å². The lowest BCUT2D eigenvalue weighted by Crippen LogP contribution is -2.65. The second kappa shape index (κ2) is 19.1. The van der Waals surface area contributed by atoms with E-state index in [0.29, 0.717) is 64.6 Å². The van der Waals surface area contributed by atoms with E-state index >= 15 is 8.78 Å². The zero-order chi connectivity index (χ0) is 56.0. The second-order valence-electron chi connectivity index (χ2n) is 25.2. The molecule has 18 heteroatoms. The van der Waals surface area contributed by atoms with Crippen LogP contribution in [0.15, 0.2) is 92.3 Å². The number of ether oxygens (including phenoxy) is 2. The molecule has 77 heavy (non-hydrogen) atoms. The highest BCUT2D eigenvalue weighted by atomic mass is 32.2. The van der Waals surface area contributed by atoms with Gasteiger partial charge in [-0.15, -0.1) is 23.5 Å². The van der Waals surface area contributed by atoms with Gasteiger partial charge in [0.25, 0.3) is 0 Å². The van der Waals surface area contributed by atoms with E-state index < -0.39 is 94.1 Å². The smallest absolute Gasteiger partial charge is 0.385 e. The standard InChI is InChI=1S/C32H41F5O4S.C27H29F5O2S/c1-26(2)17-40-29(41-18-26)13-10-24-25-21(9-12-28(24,38)16-29)23-11-14-30(39,31(33,34)32(35,36)37)27(23,3)15-22(25)19-5-7-20(42-4)8-6-19;1-24-14-21(15-3-7-18(35-2)8-4-15)23-19-10-6-17(33)13-16(19)5-9-20(23)22(24)11-12-25(24,34)26(28,29)27(30,31)32/h5-8,21-23,38-39H,9-18H2,1-4H3;3-4,7-8,13,20-22,34H,5-6,9-12,14H2,1-2H3/t21?,22-,23?,27+,28-,30+;20?,21-,22?,24+,25+/m11/s1. The Morgan fingerprint density at radius 3 is 1.51 bits per heavy atom. The summed E-state index contributed by atoms with van der Waals surface area (Å²) in [7, 11) is 0. The monoisotopic (exact) mass is 1130 g/mol. The molecule has 1 heterocycles. The third-order valence-electron chi connectivity index (χ3n) is 20.7. The van der Waals surface area contributed by atoms with Crippen LogP contribution in [0.1, 0.15) is 147 Å². The molecule has 424 valence electrons. The first-order valence-corrected chi connectivity index (χ1v) is 29.5. The van der Waals surface area contributed by atoms with Gasteiger partial charge in [0.15, 0.2) is 11.6 Å². The number of thioether (sulfide) groups is 2. The first-order chi connectivity index (χ1) is 35.7. The highest BCUT2D eigenvalue weighted by Crippen LogP contribution is 2.73. The average molecular weight is 1130 g/mol. The molecule has 0 aromatic heterocycles. The van der Waals surface area contributed by atoms with Crippen LogP contribution in [0, 0.1) is 39.9 Å². The maximum absolute atomic E-state index is 15.2. The summed E-state index contributed by atoms with van der Waals surface area (Å²) in [5.41, 5.74) is -4.40. The van der Waals surface area contributed by atoms with Crippen LogP contribution in [0.2, 0.25) is 0 Å². The Labute approximate surface area is 452 Å². The number of benzene rings is 2. The number of fused-ring (bicyclic) bond motifs is 8. The van der Waals surface area contributed by atoms with E-state index in [0.717, 1.165) is 48.8 Å². The van der Waals surface area contributed by atoms with Crippen LogP contribution >= 0.6 is 23.5 Å². The summed E-state index contributed by atoms with van der Waals surface area (Å²) in [6, 6.07) is 15.4. The van der Waals surface area contributed by atoms with Crippen molar-refractivity contribution in [2.45, 2.75) is 192 Å². The van der Waals surface area contributed by atoms with Crippen molar-refractivity contribution in [3.63, 3.8) is 0 Å². The van der Waals surface area contributed by atoms with Crippen molar-refractivity contribution in [1.82, 2.24) is 0 Å². The van der Waals surface area contributed by atoms with Gasteiger partial charge in [0.2, 0.25) is 0 Å². The molecule has 1 aliphatic heterocycles. The Morgan fingerprint density at radius 1 is 0.571 bits per heavy atom. The molecular weight excluding hydrogens is 1060 g/mol. The normalized spacial score (nSPS) is 37.6. The summed E-state index contributed by atoms with van der Waals surface area (Å²) in [5.74, 6) is -13.8. The maximum Gasteiger partial charge on any atom is 0.456 e. The molecule has 5 saturated carbocycles. The van der Waals surface area contributed by atoms with Gasteiger partial charge in [-0.1, -0.05) is 63.1 Å². The molecule has 9 aliphatic rings. The van der Waals surface area contributed by atoms with Gasteiger partial charge in [0.05, 0.1) is 18.8 Å². The average Bonchev–Trinajstić information content (AvgIpc) is 3.59. The molecule has 11 rings (SSSR count). The molecular formula is C59H70F10O6S2. The van der Waals surface area contributed by atoms with Crippen molar-refractivity contribution >= 4 is 29.3 Å². The summed E-state index contributed by atoms with van der Waals surface area (Å²) in [6.07, 6.45) is -2.99. The van der Waals surface area contributed by atoms with Gasteiger partial charge in [0.1, 0.15) is 11.2 Å². The van der Waals surface area contributed by atoms with Gasteiger partial charge in [-0.2, -0.15) is 43.9 Å². The minimum atomic E-state index is -5.87. The molecule has 0 amide bonds. The van der Waals surface area contributed by atoms with E-state index in [1.165, 1.54) is 13.8 Å². The summed E-state index contributed by atoms with van der Waals surface area (Å²) in [6.45, 7) is 8.03. The Kier molecular flexibility index (Phi) is 14.2. The van der Waals surface area contributed by atoms with Crippen LogP contribution in [0.4, 0.5) is 43.9 Å². The van der Waals surface area contributed by atoms with E-state index in [-0.39, 0.29) is 55.1 Å². The number of carbonyl (C=O) groups is 1. The molecule has 6 nitrogen and oxygen atoms in total. The number of rotatable bonds is 6. The molecule has 1 spiro atoms. The number of halogens is 10. The van der Waals surface area contributed by atoms with E-state index in [9.17, 15) is 55.2 Å². The Bertz CT molecular complexity index is 2730. The molecule has 6 fully saturated rings. The number of hydrogen-bond donors (Lipinski definition) is 3. The molecule has 4 unspecified atom stereocenters. The molecule has 11 atom stereocenters. The number of allylic oxidation sites excluding steroid dienone is 5. The fourth-order valence-corrected chi connectivity index (χ4v) is 17.5. The van der Waals surface area contributed by atoms with Crippen molar-refractivity contribution in [2.24, 2.45) is 39.9 Å². The minimum absolute atomic E-state index is 0.00894. The lowest BCUT2D eigenvalue weighted by atomic mass is 9.49. The fourth-order valence-electron chi connectivity index (χ4n) is 16.7. The summed E-state index contributed by atoms with van der Waals surface area (Å²) < 4.78 is 155. The third kappa shape index (κ3) is 8.79. The predicted molar refractivity (Wildman–Crippen MR) is 274 cm³/mol. The molecule has 2 aromatic rings. The number of ketones is 1. The maximum atomic E-state index is 15.2. The Hall–Kier alpha value is -2.87. The van der Waals surface area contributed by atoms with Crippen LogP contribution in [0.25, 0.3) is 0 Å². The summed E-state index contributed by atoms with van der Waals surface area (Å²) in [5, 5.41) is 35.0. The quantitative estimate of drug-likeness (QED) is 0.150. The van der Waals surface area contributed by atoms with Crippen LogP contribution in [-0.2, 0) is 14.3 Å². The highest BCUT2D eigenvalue weighted by molar-refractivity contribution is 7.98. The van der Waals surface area contributed by atoms with Gasteiger partial charge >= 0.3 is 24.2 Å². The van der Waals surface area contributed by atoms with Crippen molar-refractivity contribution in [2.75, 3.05) is 25.7 Å². The van der Waals surface area contributed by atoms with Crippen LogP contribution in [-0.4, -0.2) is 93.6 Å². The third-order valence-corrected chi connectivity index (χ3v) is 22.2. The number of aliphatic hydroxyl groups is 3. The Balaban J connectivity index is 0.000000178. The van der Waals surface area contributed by atoms with Crippen molar-refractivity contribution in [3.8, 4) is 0 Å². The predicted octanol–water partition coefficient (Wildman–Crippen LogP) is 14.9. The topological polar surface area (TPSA) is 96.2 Å². The van der Waals surface area contributed by atoms with Gasteiger partial charge in [-0.3, -0.25) is 4.79 Å². The van der Waals surface area contributed by atoms with E-state index in [2.05, 4.69) is 13.8 Å². The number of alkyl halides is 10. The largest absolute Gasteiger partial charge is 0.456 e. The lowest BCUT2D eigenvalue weighted by molar-refractivity contribution is -0.362. The van der Waals surface area contributed by atoms with Crippen molar-refractivity contribution in [1.29, 1.82) is 0 Å². The van der Waals surface area contributed by atoms with E-state index in [1.807, 2.05) is 61.0 Å². The van der Waals surface area contributed by atoms with Crippen LogP contribution in [0.5, 0.6) is 0 Å². The summed E-state index contributed by atoms with van der Waals surface area (Å²) in [4.78, 5) is 14.1.